The number of benzene rings is 3. The van der Waals surface area contributed by atoms with Crippen molar-refractivity contribution in [2.24, 2.45) is 0 Å². The van der Waals surface area contributed by atoms with Crippen molar-refractivity contribution in [1.29, 1.82) is 0 Å². The summed E-state index contributed by atoms with van der Waals surface area (Å²) in [7, 11) is -2.32. The fraction of sp³-hybridized carbons (Fsp3) is 0.355. The topological polar surface area (TPSA) is 49.9 Å². The van der Waals surface area contributed by atoms with E-state index >= 15 is 0 Å². The average molecular weight is 567 g/mol. The van der Waals surface area contributed by atoms with Gasteiger partial charge in [0.1, 0.15) is 5.75 Å². The zero-order valence-corrected chi connectivity index (χ0v) is 25.3. The van der Waals surface area contributed by atoms with Crippen LogP contribution in [-0.2, 0) is 4.79 Å². The quantitative estimate of drug-likeness (QED) is 0.291. The molecular weight excluding hydrogens is 531 g/mol. The molecule has 0 N–H and O–H groups in total. The van der Waals surface area contributed by atoms with Crippen LogP contribution in [-0.4, -0.2) is 26.2 Å². The molecule has 1 heterocycles. The summed E-state index contributed by atoms with van der Waals surface area (Å²) < 4.78 is 21.1. The summed E-state index contributed by atoms with van der Waals surface area (Å²) in [5.74, 6) is -0.721. The van der Waals surface area contributed by atoms with E-state index in [2.05, 4.69) is 20.8 Å². The first-order chi connectivity index (χ1) is 18.2. The lowest BCUT2D eigenvalue weighted by molar-refractivity contribution is -0.117. The largest absolute Gasteiger partial charge is 0.542 e. The smallest absolute Gasteiger partial charge is 0.258 e. The van der Waals surface area contributed by atoms with E-state index < -0.39 is 14.1 Å². The van der Waals surface area contributed by atoms with Gasteiger partial charge in [-0.3, -0.25) is 9.59 Å². The van der Waals surface area contributed by atoms with Crippen molar-refractivity contribution in [2.45, 2.75) is 71.3 Å². The number of hydrogen-bond donors (Lipinski definition) is 0. The normalized spacial score (nSPS) is 17.4. The summed E-state index contributed by atoms with van der Waals surface area (Å²) in [4.78, 5) is 30.4. The van der Waals surface area contributed by atoms with Crippen LogP contribution >= 0.6 is 11.6 Å². The lowest BCUT2D eigenvalue weighted by Gasteiger charge is -2.43. The van der Waals surface area contributed by atoms with Gasteiger partial charge in [0.05, 0.1) is 6.04 Å². The van der Waals surface area contributed by atoms with Gasteiger partial charge in [0.2, 0.25) is 5.91 Å². The van der Waals surface area contributed by atoms with Gasteiger partial charge in [-0.15, -0.1) is 0 Å². The molecule has 0 bridgehead atoms. The number of fused-ring (bicyclic) bond motifs is 1. The third-order valence-corrected chi connectivity index (χ3v) is 12.5. The maximum absolute atomic E-state index is 14.8. The minimum absolute atomic E-state index is 0.102. The standard InChI is InChI=1S/C31H36ClFN2O3Si/c1-20-18-28(35(21(2)36)24-15-13-23(32)14-16-24)25-10-8-9-11-27(25)34(20)30(37)22-12-17-26(33)29(19-22)38-39(6,7)31(3,4)5/h8-17,19-20,28H,18H2,1-7H3/t20-,28+/m0/s1. The van der Waals surface area contributed by atoms with Crippen LogP contribution in [0.25, 0.3) is 0 Å². The van der Waals surface area contributed by atoms with E-state index in [0.29, 0.717) is 17.0 Å². The Bertz CT molecular complexity index is 1390. The van der Waals surface area contributed by atoms with E-state index in [4.69, 9.17) is 16.0 Å². The Morgan fingerprint density at radius 1 is 1.05 bits per heavy atom. The van der Waals surface area contributed by atoms with E-state index in [1.165, 1.54) is 18.2 Å². The van der Waals surface area contributed by atoms with Crippen LogP contribution in [0, 0.1) is 5.82 Å². The molecule has 0 radical (unpaired) electrons. The molecule has 1 aliphatic heterocycles. The molecule has 0 fully saturated rings. The van der Waals surface area contributed by atoms with Gasteiger partial charge in [0.25, 0.3) is 14.2 Å². The Morgan fingerprint density at radius 2 is 1.69 bits per heavy atom. The molecule has 2 atom stereocenters. The number of rotatable bonds is 5. The van der Waals surface area contributed by atoms with Gasteiger partial charge in [-0.1, -0.05) is 50.6 Å². The third kappa shape index (κ3) is 5.75. The van der Waals surface area contributed by atoms with Crippen LogP contribution in [0.1, 0.15) is 63.0 Å². The second kappa shape index (κ2) is 10.8. The first-order valence-electron chi connectivity index (χ1n) is 13.2. The third-order valence-electron chi connectivity index (χ3n) is 7.88. The molecule has 0 aliphatic carbocycles. The molecule has 8 heteroatoms. The molecule has 2 amide bonds. The highest BCUT2D eigenvalue weighted by Gasteiger charge is 2.41. The first kappa shape index (κ1) is 28.8. The Kier molecular flexibility index (Phi) is 7.97. The molecule has 0 saturated carbocycles. The maximum Gasteiger partial charge on any atom is 0.258 e. The van der Waals surface area contributed by atoms with Crippen LogP contribution in [0.3, 0.4) is 0 Å². The van der Waals surface area contributed by atoms with E-state index in [9.17, 15) is 14.0 Å². The number of halogens is 2. The van der Waals surface area contributed by atoms with Crippen molar-refractivity contribution in [3.05, 3.63) is 88.7 Å². The lowest BCUT2D eigenvalue weighted by atomic mass is 9.89. The highest BCUT2D eigenvalue weighted by atomic mass is 35.5. The molecule has 3 aromatic rings. The van der Waals surface area contributed by atoms with Crippen molar-refractivity contribution >= 4 is 43.1 Å². The van der Waals surface area contributed by atoms with Gasteiger partial charge in [-0.05, 0) is 85.6 Å². The summed E-state index contributed by atoms with van der Waals surface area (Å²) in [6, 6.07) is 18.6. The van der Waals surface area contributed by atoms with Crippen LogP contribution < -0.4 is 14.2 Å². The SMILES string of the molecule is CC(=O)N(c1ccc(Cl)cc1)[C@@H]1C[C@H](C)N(C(=O)c2ccc(F)c(O[Si](C)(C)C(C)(C)C)c2)c2ccccc21. The van der Waals surface area contributed by atoms with E-state index in [0.717, 1.165) is 16.9 Å². The van der Waals surface area contributed by atoms with E-state index in [1.54, 1.807) is 28.9 Å². The van der Waals surface area contributed by atoms with Gasteiger partial charge in [0, 0.05) is 34.9 Å². The van der Waals surface area contributed by atoms with Gasteiger partial charge in [-0.25, -0.2) is 4.39 Å². The summed E-state index contributed by atoms with van der Waals surface area (Å²) in [5, 5.41) is 0.467. The van der Waals surface area contributed by atoms with Crippen molar-refractivity contribution in [3.8, 4) is 5.75 Å². The number of hydrogen-bond acceptors (Lipinski definition) is 3. The molecule has 4 rings (SSSR count). The first-order valence-corrected chi connectivity index (χ1v) is 16.5. The molecule has 0 unspecified atom stereocenters. The molecule has 206 valence electrons. The Labute approximate surface area is 236 Å². The molecule has 1 aliphatic rings. The highest BCUT2D eigenvalue weighted by Crippen LogP contribution is 2.43. The van der Waals surface area contributed by atoms with Crippen molar-refractivity contribution in [2.75, 3.05) is 9.80 Å². The van der Waals surface area contributed by atoms with Crippen molar-refractivity contribution in [1.82, 2.24) is 0 Å². The number of amides is 2. The average Bonchev–Trinajstić information content (AvgIpc) is 2.85. The maximum atomic E-state index is 14.8. The fourth-order valence-electron chi connectivity index (χ4n) is 4.80. The summed E-state index contributed by atoms with van der Waals surface area (Å²) in [5.41, 5.74) is 2.69. The van der Waals surface area contributed by atoms with Gasteiger partial charge in [-0.2, -0.15) is 0 Å². The zero-order chi connectivity index (χ0) is 28.7. The molecule has 0 saturated heterocycles. The number of carbonyl (C=O) groups is 2. The molecule has 0 aromatic heterocycles. The number of anilines is 2. The van der Waals surface area contributed by atoms with Gasteiger partial charge >= 0.3 is 0 Å². The minimum Gasteiger partial charge on any atom is -0.542 e. The molecular formula is C31H36ClFN2O3Si. The van der Waals surface area contributed by atoms with Crippen LogP contribution in [0.4, 0.5) is 15.8 Å². The molecule has 5 nitrogen and oxygen atoms in total. The predicted molar refractivity (Wildman–Crippen MR) is 159 cm³/mol. The van der Waals surface area contributed by atoms with Crippen molar-refractivity contribution < 1.29 is 18.4 Å². The second-order valence-electron chi connectivity index (χ2n) is 11.7. The van der Waals surface area contributed by atoms with Crippen LogP contribution in [0.2, 0.25) is 23.2 Å². The van der Waals surface area contributed by atoms with E-state index in [1.807, 2.05) is 56.4 Å². The second-order valence-corrected chi connectivity index (χ2v) is 16.9. The monoisotopic (exact) mass is 566 g/mol. The van der Waals surface area contributed by atoms with Crippen molar-refractivity contribution in [3.63, 3.8) is 0 Å². The fourth-order valence-corrected chi connectivity index (χ4v) is 5.94. The summed E-state index contributed by atoms with van der Waals surface area (Å²) >= 11 is 6.10. The minimum atomic E-state index is -2.32. The van der Waals surface area contributed by atoms with Gasteiger partial charge < -0.3 is 14.2 Å². The van der Waals surface area contributed by atoms with Gasteiger partial charge in [0.15, 0.2) is 5.82 Å². The molecule has 3 aromatic carbocycles. The summed E-state index contributed by atoms with van der Waals surface area (Å²) in [6.07, 6.45) is 0.527. The lowest BCUT2D eigenvalue weighted by Crippen LogP contribution is -2.47. The zero-order valence-electron chi connectivity index (χ0n) is 23.6. The highest BCUT2D eigenvalue weighted by molar-refractivity contribution is 6.74. The number of para-hydroxylation sites is 1. The Hall–Kier alpha value is -3.16. The van der Waals surface area contributed by atoms with E-state index in [-0.39, 0.29) is 34.7 Å². The number of nitrogens with zero attached hydrogens (tertiary/aromatic N) is 2. The molecule has 0 spiro atoms. The number of carbonyl (C=O) groups excluding carboxylic acids is 2. The summed E-state index contributed by atoms with van der Waals surface area (Å²) in [6.45, 7) is 13.9. The predicted octanol–water partition coefficient (Wildman–Crippen LogP) is 8.40. The van der Waals surface area contributed by atoms with Crippen LogP contribution in [0.5, 0.6) is 5.75 Å². The Morgan fingerprint density at radius 3 is 2.31 bits per heavy atom. The molecule has 39 heavy (non-hydrogen) atoms. The Balaban J connectivity index is 1.72. The van der Waals surface area contributed by atoms with Crippen LogP contribution in [0.15, 0.2) is 66.7 Å².